The van der Waals surface area contributed by atoms with E-state index in [1.807, 2.05) is 13.8 Å². The number of benzene rings is 2. The fourth-order valence-corrected chi connectivity index (χ4v) is 4.82. The van der Waals surface area contributed by atoms with E-state index in [9.17, 15) is 14.0 Å². The van der Waals surface area contributed by atoms with Gasteiger partial charge in [-0.3, -0.25) is 14.5 Å². The van der Waals surface area contributed by atoms with Gasteiger partial charge in [-0.05, 0) is 49.6 Å². The average molecular weight is 451 g/mol. The molecule has 2 aliphatic heterocycles. The Morgan fingerprint density at radius 3 is 2.52 bits per heavy atom. The number of nitrogens with zero attached hydrogens (tertiary/aromatic N) is 2. The molecule has 1 atom stereocenters. The number of amides is 1. The van der Waals surface area contributed by atoms with Gasteiger partial charge < -0.3 is 14.1 Å². The van der Waals surface area contributed by atoms with Crippen molar-refractivity contribution < 1.29 is 18.3 Å². The molecule has 7 heteroatoms. The maximum absolute atomic E-state index is 14.9. The third-order valence-electron chi connectivity index (χ3n) is 6.76. The van der Waals surface area contributed by atoms with Crippen LogP contribution in [0.15, 0.2) is 45.6 Å². The highest BCUT2D eigenvalue weighted by Gasteiger charge is 2.43. The van der Waals surface area contributed by atoms with Crippen LogP contribution >= 0.6 is 0 Å². The van der Waals surface area contributed by atoms with Crippen molar-refractivity contribution in [1.82, 2.24) is 9.80 Å². The maximum Gasteiger partial charge on any atom is 0.290 e. The zero-order valence-corrected chi connectivity index (χ0v) is 18.9. The minimum atomic E-state index is -0.805. The number of rotatable bonds is 5. The van der Waals surface area contributed by atoms with Crippen LogP contribution in [-0.2, 0) is 4.74 Å². The lowest BCUT2D eigenvalue weighted by atomic mass is 9.97. The van der Waals surface area contributed by atoms with E-state index in [-0.39, 0.29) is 22.7 Å². The van der Waals surface area contributed by atoms with Crippen molar-refractivity contribution in [3.8, 4) is 0 Å². The Labute approximate surface area is 191 Å². The van der Waals surface area contributed by atoms with Crippen LogP contribution in [0.2, 0.25) is 0 Å². The minimum absolute atomic E-state index is 0.0235. The fourth-order valence-electron chi connectivity index (χ4n) is 4.82. The molecule has 6 nitrogen and oxygen atoms in total. The van der Waals surface area contributed by atoms with Gasteiger partial charge in [0, 0.05) is 31.7 Å². The maximum atomic E-state index is 14.9. The standard InChI is InChI=1S/C26H27FN2O4/c1-16-14-19-21(15-17(16)2)33-25-22(24(19)30)23(18-6-3-4-7-20(18)27)29(26(25)31)9-5-8-28-10-12-32-13-11-28/h3-4,6-7,14-15,23H,5,8-13H2,1-2H3/t23-/m0/s1. The Kier molecular flexibility index (Phi) is 5.76. The fraction of sp³-hybridized carbons (Fsp3) is 0.385. The third kappa shape index (κ3) is 3.85. The largest absolute Gasteiger partial charge is 0.450 e. The number of carbonyl (C=O) groups is 1. The van der Waals surface area contributed by atoms with E-state index in [1.54, 1.807) is 35.2 Å². The van der Waals surface area contributed by atoms with Crippen molar-refractivity contribution in [2.45, 2.75) is 26.3 Å². The molecular weight excluding hydrogens is 423 g/mol. The minimum Gasteiger partial charge on any atom is -0.450 e. The second-order valence-corrected chi connectivity index (χ2v) is 8.84. The summed E-state index contributed by atoms with van der Waals surface area (Å²) < 4.78 is 26.3. The molecule has 0 unspecified atom stereocenters. The van der Waals surface area contributed by atoms with E-state index in [2.05, 4.69) is 4.90 Å². The highest BCUT2D eigenvalue weighted by molar-refractivity contribution is 5.99. The van der Waals surface area contributed by atoms with Crippen LogP contribution in [0.4, 0.5) is 4.39 Å². The van der Waals surface area contributed by atoms with Crippen LogP contribution in [-0.4, -0.2) is 55.1 Å². The molecule has 0 N–H and O–H groups in total. The lowest BCUT2D eigenvalue weighted by Crippen LogP contribution is -2.39. The zero-order chi connectivity index (χ0) is 23.1. The smallest absolute Gasteiger partial charge is 0.290 e. The van der Waals surface area contributed by atoms with Crippen molar-refractivity contribution in [3.05, 3.63) is 80.5 Å². The second kappa shape index (κ2) is 8.72. The lowest BCUT2D eigenvalue weighted by Gasteiger charge is -2.29. The number of carbonyl (C=O) groups excluding carboxylic acids is 1. The first kappa shape index (κ1) is 21.8. The number of halogens is 1. The van der Waals surface area contributed by atoms with Gasteiger partial charge in [0.15, 0.2) is 5.43 Å². The molecule has 0 saturated carbocycles. The Morgan fingerprint density at radius 1 is 1.03 bits per heavy atom. The van der Waals surface area contributed by atoms with Gasteiger partial charge in [0.25, 0.3) is 5.91 Å². The summed E-state index contributed by atoms with van der Waals surface area (Å²) in [6.45, 7) is 8.18. The van der Waals surface area contributed by atoms with Gasteiger partial charge in [0.05, 0.1) is 30.2 Å². The van der Waals surface area contributed by atoms with Gasteiger partial charge in [0.2, 0.25) is 5.76 Å². The highest BCUT2D eigenvalue weighted by Crippen LogP contribution is 2.39. The Morgan fingerprint density at radius 2 is 1.76 bits per heavy atom. The summed E-state index contributed by atoms with van der Waals surface area (Å²) in [5, 5.41) is 0.418. The van der Waals surface area contributed by atoms with Crippen LogP contribution in [0.5, 0.6) is 0 Å². The number of hydrogen-bond acceptors (Lipinski definition) is 5. The summed E-state index contributed by atoms with van der Waals surface area (Å²) in [4.78, 5) is 30.9. The average Bonchev–Trinajstić information content (AvgIpc) is 3.08. The number of morpholine rings is 1. The predicted octanol–water partition coefficient (Wildman–Crippen LogP) is 3.82. The summed E-state index contributed by atoms with van der Waals surface area (Å²) in [6.07, 6.45) is 0.705. The van der Waals surface area contributed by atoms with Gasteiger partial charge >= 0.3 is 0 Å². The molecule has 0 aliphatic carbocycles. The summed E-state index contributed by atoms with van der Waals surface area (Å²) >= 11 is 0. The van der Waals surface area contributed by atoms with Gasteiger partial charge in [-0.1, -0.05) is 18.2 Å². The molecule has 1 aromatic heterocycles. The topological polar surface area (TPSA) is 63.0 Å². The normalized spacial score (nSPS) is 18.8. The number of fused-ring (bicyclic) bond motifs is 2. The third-order valence-corrected chi connectivity index (χ3v) is 6.76. The molecule has 1 fully saturated rings. The van der Waals surface area contributed by atoms with Gasteiger partial charge in [0.1, 0.15) is 11.4 Å². The summed E-state index contributed by atoms with van der Waals surface area (Å²) in [5.41, 5.74) is 2.59. The number of hydrogen-bond donors (Lipinski definition) is 0. The molecule has 0 radical (unpaired) electrons. The van der Waals surface area contributed by atoms with Crippen molar-refractivity contribution in [2.24, 2.45) is 0 Å². The molecule has 2 aliphatic rings. The van der Waals surface area contributed by atoms with Crippen LogP contribution < -0.4 is 5.43 Å². The van der Waals surface area contributed by atoms with Gasteiger partial charge in [-0.2, -0.15) is 0 Å². The second-order valence-electron chi connectivity index (χ2n) is 8.84. The van der Waals surface area contributed by atoms with Crippen LogP contribution in [0.3, 0.4) is 0 Å². The van der Waals surface area contributed by atoms with Crippen LogP contribution in [0.25, 0.3) is 11.0 Å². The van der Waals surface area contributed by atoms with E-state index in [0.29, 0.717) is 42.7 Å². The number of ether oxygens (including phenoxy) is 1. The molecule has 1 amide bonds. The molecule has 172 valence electrons. The first-order chi connectivity index (χ1) is 16.0. The molecule has 33 heavy (non-hydrogen) atoms. The van der Waals surface area contributed by atoms with Crippen LogP contribution in [0, 0.1) is 19.7 Å². The van der Waals surface area contributed by atoms with Crippen molar-refractivity contribution in [1.29, 1.82) is 0 Å². The molecule has 2 aromatic carbocycles. The van der Waals surface area contributed by atoms with E-state index in [0.717, 1.165) is 30.8 Å². The predicted molar refractivity (Wildman–Crippen MR) is 123 cm³/mol. The Bertz CT molecular complexity index is 1280. The molecule has 3 heterocycles. The van der Waals surface area contributed by atoms with Gasteiger partial charge in [-0.25, -0.2) is 4.39 Å². The van der Waals surface area contributed by atoms with Crippen molar-refractivity contribution in [3.63, 3.8) is 0 Å². The molecule has 3 aromatic rings. The first-order valence-electron chi connectivity index (χ1n) is 11.4. The summed E-state index contributed by atoms with van der Waals surface area (Å²) in [7, 11) is 0. The monoisotopic (exact) mass is 450 g/mol. The molecular formula is C26H27FN2O4. The highest BCUT2D eigenvalue weighted by atomic mass is 19.1. The molecule has 5 rings (SSSR count). The van der Waals surface area contributed by atoms with Crippen molar-refractivity contribution in [2.75, 3.05) is 39.4 Å². The quantitative estimate of drug-likeness (QED) is 0.592. The Balaban J connectivity index is 1.57. The summed E-state index contributed by atoms with van der Waals surface area (Å²) in [5.74, 6) is -0.784. The Hall–Kier alpha value is -3.03. The van der Waals surface area contributed by atoms with Crippen LogP contribution in [0.1, 0.15) is 45.3 Å². The molecule has 0 spiro atoms. The molecule has 0 bridgehead atoms. The zero-order valence-electron chi connectivity index (χ0n) is 18.9. The van der Waals surface area contributed by atoms with E-state index < -0.39 is 11.9 Å². The molecule has 1 saturated heterocycles. The van der Waals surface area contributed by atoms with E-state index in [4.69, 9.17) is 9.15 Å². The first-order valence-corrected chi connectivity index (χ1v) is 11.4. The van der Waals surface area contributed by atoms with E-state index >= 15 is 0 Å². The van der Waals surface area contributed by atoms with Gasteiger partial charge in [-0.15, -0.1) is 0 Å². The van der Waals surface area contributed by atoms with Crippen molar-refractivity contribution >= 4 is 16.9 Å². The number of aryl methyl sites for hydroxylation is 2. The summed E-state index contributed by atoms with van der Waals surface area (Å²) in [6, 6.07) is 9.11. The SMILES string of the molecule is Cc1cc2oc3c(c(=O)c2cc1C)[C@H](c1ccccc1F)N(CCCN1CCOCC1)C3=O. The van der Waals surface area contributed by atoms with E-state index in [1.165, 1.54) is 6.07 Å². The lowest BCUT2D eigenvalue weighted by molar-refractivity contribution is 0.0353.